The minimum atomic E-state index is -0.484. The van der Waals surface area contributed by atoms with E-state index in [4.69, 9.17) is 9.47 Å². The molecule has 29 heavy (non-hydrogen) atoms. The Labute approximate surface area is 168 Å². The van der Waals surface area contributed by atoms with Crippen molar-refractivity contribution >= 4 is 29.2 Å². The molecule has 0 unspecified atom stereocenters. The predicted octanol–water partition coefficient (Wildman–Crippen LogP) is 2.63. The van der Waals surface area contributed by atoms with E-state index in [-0.39, 0.29) is 24.8 Å². The third kappa shape index (κ3) is 5.04. The Kier molecular flexibility index (Phi) is 6.33. The van der Waals surface area contributed by atoms with Gasteiger partial charge in [0.2, 0.25) is 11.8 Å². The van der Waals surface area contributed by atoms with Crippen LogP contribution in [0.1, 0.15) is 23.7 Å². The predicted molar refractivity (Wildman–Crippen MR) is 106 cm³/mol. The first-order valence-electron chi connectivity index (χ1n) is 9.14. The van der Waals surface area contributed by atoms with Gasteiger partial charge in [-0.1, -0.05) is 6.07 Å². The summed E-state index contributed by atoms with van der Waals surface area (Å²) >= 11 is 0. The number of benzene rings is 2. The number of rotatable bonds is 6. The lowest BCUT2D eigenvalue weighted by atomic mass is 10.2. The molecule has 1 heterocycles. The van der Waals surface area contributed by atoms with Crippen LogP contribution in [0, 0.1) is 0 Å². The smallest absolute Gasteiger partial charge is 0.337 e. The number of ether oxygens (including phenoxy) is 3. The fraction of sp³-hybridized carbons (Fsp3) is 0.286. The number of esters is 1. The third-order valence-electron chi connectivity index (χ3n) is 4.35. The second-order valence-corrected chi connectivity index (χ2v) is 6.37. The Hall–Kier alpha value is -3.55. The first-order chi connectivity index (χ1) is 14.0. The number of carbonyl (C=O) groups excluding carboxylic acids is 3. The lowest BCUT2D eigenvalue weighted by molar-refractivity contribution is -0.117. The van der Waals surface area contributed by atoms with Crippen LogP contribution in [0.15, 0.2) is 42.5 Å². The molecule has 1 N–H and O–H groups in total. The summed E-state index contributed by atoms with van der Waals surface area (Å²) in [4.78, 5) is 37.6. The molecule has 0 radical (unpaired) electrons. The summed E-state index contributed by atoms with van der Waals surface area (Å²) in [5.41, 5.74) is 1.45. The Morgan fingerprint density at radius 3 is 2.55 bits per heavy atom. The van der Waals surface area contributed by atoms with Crippen molar-refractivity contribution < 1.29 is 28.6 Å². The number of nitrogens with zero attached hydrogens (tertiary/aromatic N) is 1. The van der Waals surface area contributed by atoms with E-state index in [0.29, 0.717) is 41.7 Å². The van der Waals surface area contributed by atoms with Gasteiger partial charge in [-0.2, -0.15) is 0 Å². The number of amides is 2. The van der Waals surface area contributed by atoms with Crippen LogP contribution in [0.5, 0.6) is 11.5 Å². The molecule has 0 aliphatic carbocycles. The summed E-state index contributed by atoms with van der Waals surface area (Å²) in [6.45, 7) is 2.57. The van der Waals surface area contributed by atoms with Crippen LogP contribution in [-0.4, -0.2) is 44.7 Å². The van der Waals surface area contributed by atoms with E-state index >= 15 is 0 Å². The molecule has 0 saturated carbocycles. The number of carbonyl (C=O) groups is 3. The van der Waals surface area contributed by atoms with Gasteiger partial charge in [-0.15, -0.1) is 0 Å². The molecule has 152 valence electrons. The highest BCUT2D eigenvalue weighted by molar-refractivity contribution is 5.96. The molecule has 8 heteroatoms. The number of nitrogens with one attached hydrogen (secondary N) is 1. The second-order valence-electron chi connectivity index (χ2n) is 6.37. The van der Waals surface area contributed by atoms with Crippen molar-refractivity contribution in [3.63, 3.8) is 0 Å². The molecule has 2 aromatic rings. The van der Waals surface area contributed by atoms with E-state index in [1.807, 2.05) is 0 Å². The molecule has 0 aromatic heterocycles. The molecule has 2 aromatic carbocycles. The number of hydrogen-bond acceptors (Lipinski definition) is 6. The molecule has 8 nitrogen and oxygen atoms in total. The molecule has 2 amide bonds. The summed E-state index contributed by atoms with van der Waals surface area (Å²) < 4.78 is 15.7. The van der Waals surface area contributed by atoms with Crippen LogP contribution < -0.4 is 19.7 Å². The van der Waals surface area contributed by atoms with Crippen molar-refractivity contribution in [2.75, 3.05) is 37.1 Å². The summed E-state index contributed by atoms with van der Waals surface area (Å²) in [6, 6.07) is 11.7. The van der Waals surface area contributed by atoms with Crippen molar-refractivity contribution in [3.8, 4) is 11.5 Å². The molecular formula is C21H22N2O6. The normalized spacial score (nSPS) is 12.1. The van der Waals surface area contributed by atoms with Gasteiger partial charge in [-0.05, 0) is 30.3 Å². The fourth-order valence-corrected chi connectivity index (χ4v) is 2.95. The first-order valence-corrected chi connectivity index (χ1v) is 9.14. The van der Waals surface area contributed by atoms with E-state index < -0.39 is 5.97 Å². The third-order valence-corrected chi connectivity index (χ3v) is 4.35. The fourth-order valence-electron chi connectivity index (χ4n) is 2.95. The lowest BCUT2D eigenvalue weighted by Gasteiger charge is -2.24. The van der Waals surface area contributed by atoms with Crippen LogP contribution in [0.2, 0.25) is 0 Å². The molecule has 0 atom stereocenters. The molecule has 3 rings (SSSR count). The number of hydrogen-bond donors (Lipinski definition) is 1. The Morgan fingerprint density at radius 1 is 1.07 bits per heavy atom. The van der Waals surface area contributed by atoms with E-state index in [9.17, 15) is 14.4 Å². The number of methoxy groups -OCH3 is 1. The Balaban J connectivity index is 1.64. The maximum atomic E-state index is 12.3. The van der Waals surface area contributed by atoms with E-state index in [1.54, 1.807) is 36.4 Å². The molecule has 1 aliphatic heterocycles. The highest BCUT2D eigenvalue weighted by Crippen LogP contribution is 2.34. The van der Waals surface area contributed by atoms with E-state index in [1.165, 1.54) is 25.0 Å². The van der Waals surface area contributed by atoms with Crippen LogP contribution >= 0.6 is 0 Å². The summed E-state index contributed by atoms with van der Waals surface area (Å²) in [6.07, 6.45) is 0.0798. The topological polar surface area (TPSA) is 94.2 Å². The van der Waals surface area contributed by atoms with Crippen LogP contribution in [0.25, 0.3) is 0 Å². The Bertz CT molecular complexity index is 927. The van der Waals surface area contributed by atoms with Gasteiger partial charge in [-0.25, -0.2) is 4.79 Å². The highest BCUT2D eigenvalue weighted by Gasteiger charge is 2.18. The van der Waals surface area contributed by atoms with Crippen LogP contribution in [-0.2, 0) is 14.3 Å². The summed E-state index contributed by atoms with van der Waals surface area (Å²) in [5, 5.41) is 2.73. The molecule has 0 spiro atoms. The van der Waals surface area contributed by atoms with Crippen molar-refractivity contribution in [2.24, 2.45) is 0 Å². The monoisotopic (exact) mass is 398 g/mol. The van der Waals surface area contributed by atoms with Gasteiger partial charge < -0.3 is 24.4 Å². The Morgan fingerprint density at radius 2 is 1.83 bits per heavy atom. The first kappa shape index (κ1) is 20.2. The van der Waals surface area contributed by atoms with Crippen molar-refractivity contribution in [3.05, 3.63) is 48.0 Å². The molecular weight excluding hydrogens is 376 g/mol. The molecule has 1 aliphatic rings. The standard InChI is InChI=1S/C21H22N2O6/c1-14(24)23(17-6-7-18-19(13-17)29-11-10-28-18)9-8-20(25)22-16-5-3-4-15(12-16)21(26)27-2/h3-7,12-13H,8-11H2,1-2H3,(H,22,25). The highest BCUT2D eigenvalue weighted by atomic mass is 16.6. The summed E-state index contributed by atoms with van der Waals surface area (Å²) in [7, 11) is 1.29. The molecule has 0 fully saturated rings. The number of anilines is 2. The second kappa shape index (κ2) is 9.09. The maximum absolute atomic E-state index is 12.3. The molecule has 0 saturated heterocycles. The zero-order valence-electron chi connectivity index (χ0n) is 16.3. The van der Waals surface area contributed by atoms with Crippen molar-refractivity contribution in [2.45, 2.75) is 13.3 Å². The van der Waals surface area contributed by atoms with Crippen molar-refractivity contribution in [1.29, 1.82) is 0 Å². The summed E-state index contributed by atoms with van der Waals surface area (Å²) in [5.74, 6) is 0.247. The zero-order valence-corrected chi connectivity index (χ0v) is 16.3. The van der Waals surface area contributed by atoms with Gasteiger partial charge in [-0.3, -0.25) is 9.59 Å². The van der Waals surface area contributed by atoms with Gasteiger partial charge >= 0.3 is 5.97 Å². The minimum Gasteiger partial charge on any atom is -0.486 e. The average Bonchev–Trinajstić information content (AvgIpc) is 2.73. The largest absolute Gasteiger partial charge is 0.486 e. The lowest BCUT2D eigenvalue weighted by Crippen LogP contribution is -2.32. The maximum Gasteiger partial charge on any atom is 0.337 e. The van der Waals surface area contributed by atoms with Gasteiger partial charge in [0.15, 0.2) is 11.5 Å². The van der Waals surface area contributed by atoms with Gasteiger partial charge in [0.1, 0.15) is 13.2 Å². The van der Waals surface area contributed by atoms with E-state index in [2.05, 4.69) is 10.1 Å². The average molecular weight is 398 g/mol. The molecule has 0 bridgehead atoms. The zero-order chi connectivity index (χ0) is 20.8. The van der Waals surface area contributed by atoms with Gasteiger partial charge in [0.25, 0.3) is 0 Å². The van der Waals surface area contributed by atoms with Crippen LogP contribution in [0.3, 0.4) is 0 Å². The van der Waals surface area contributed by atoms with Crippen LogP contribution in [0.4, 0.5) is 11.4 Å². The van der Waals surface area contributed by atoms with Gasteiger partial charge in [0.05, 0.1) is 12.7 Å². The van der Waals surface area contributed by atoms with Gasteiger partial charge in [0, 0.05) is 37.3 Å². The SMILES string of the molecule is COC(=O)c1cccc(NC(=O)CCN(C(C)=O)c2ccc3c(c2)OCCO3)c1. The van der Waals surface area contributed by atoms with Crippen molar-refractivity contribution in [1.82, 2.24) is 0 Å². The minimum absolute atomic E-state index is 0.0798. The quantitative estimate of drug-likeness (QED) is 0.752. The number of fused-ring (bicyclic) bond motifs is 1. The van der Waals surface area contributed by atoms with E-state index in [0.717, 1.165) is 0 Å².